The smallest absolute Gasteiger partial charge is 0.298 e. The fourth-order valence-corrected chi connectivity index (χ4v) is 5.89. The van der Waals surface area contributed by atoms with E-state index in [1.54, 1.807) is 0 Å². The number of aromatic nitrogens is 4. The van der Waals surface area contributed by atoms with E-state index in [1.807, 2.05) is 0 Å². The first-order valence-electron chi connectivity index (χ1n) is 11.0. The van der Waals surface area contributed by atoms with Crippen molar-refractivity contribution in [2.24, 2.45) is 0 Å². The predicted octanol–water partition coefficient (Wildman–Crippen LogP) is 3.78. The summed E-state index contributed by atoms with van der Waals surface area (Å²) >= 11 is 0. The lowest BCUT2D eigenvalue weighted by molar-refractivity contribution is -0.145. The minimum atomic E-state index is -4.69. The lowest BCUT2D eigenvalue weighted by Gasteiger charge is -2.26. The molecule has 0 N–H and O–H groups in total. The van der Waals surface area contributed by atoms with Crippen molar-refractivity contribution in [3.8, 4) is 11.3 Å². The molecule has 37 heavy (non-hydrogen) atoms. The van der Waals surface area contributed by atoms with Crippen LogP contribution in [0.15, 0.2) is 53.9 Å². The summed E-state index contributed by atoms with van der Waals surface area (Å²) in [6, 6.07) is 3.12. The van der Waals surface area contributed by atoms with Gasteiger partial charge in [0.05, 0.1) is 22.7 Å². The summed E-state index contributed by atoms with van der Waals surface area (Å²) in [6.07, 6.45) is -3.63. The van der Waals surface area contributed by atoms with E-state index >= 15 is 0 Å². The van der Waals surface area contributed by atoms with Crippen molar-refractivity contribution >= 4 is 15.8 Å². The molecule has 3 aromatic rings. The highest BCUT2D eigenvalue weighted by Gasteiger charge is 2.48. The number of rotatable bonds is 7. The molecule has 1 aliphatic heterocycles. The normalized spacial score (nSPS) is 20.8. The number of hydrogen-bond donors (Lipinski definition) is 0. The molecule has 0 aliphatic carbocycles. The Morgan fingerprint density at radius 1 is 1.08 bits per heavy atom. The number of aryl methyl sites for hydroxylation is 1. The molecule has 0 radical (unpaired) electrons. The van der Waals surface area contributed by atoms with Crippen LogP contribution in [0.4, 0.5) is 22.0 Å². The first kappa shape index (κ1) is 26.7. The number of nitrogens with zero attached hydrogens (tertiary/aromatic N) is 5. The molecule has 0 bridgehead atoms. The van der Waals surface area contributed by atoms with E-state index in [4.69, 9.17) is 0 Å². The van der Waals surface area contributed by atoms with Crippen molar-refractivity contribution in [2.45, 2.75) is 55.5 Å². The molecule has 196 valence electrons. The Labute approximate surface area is 208 Å². The van der Waals surface area contributed by atoms with Crippen LogP contribution in [0.25, 0.3) is 11.3 Å². The predicted molar refractivity (Wildman–Crippen MR) is 120 cm³/mol. The van der Waals surface area contributed by atoms with E-state index in [0.717, 1.165) is 47.3 Å². The number of carbonyl (C=O) groups is 1. The molecule has 4 rings (SSSR count). The zero-order chi connectivity index (χ0) is 27.0. The molecule has 0 unspecified atom stereocenters. The summed E-state index contributed by atoms with van der Waals surface area (Å²) < 4.78 is 93.1. The molecule has 3 atom stereocenters. The van der Waals surface area contributed by atoms with Gasteiger partial charge in [0.25, 0.3) is 0 Å². The van der Waals surface area contributed by atoms with Crippen molar-refractivity contribution in [3.63, 3.8) is 0 Å². The van der Waals surface area contributed by atoms with Gasteiger partial charge in [-0.1, -0.05) is 0 Å². The fourth-order valence-electron chi connectivity index (χ4n) is 4.06. The second kappa shape index (κ2) is 10.2. The summed E-state index contributed by atoms with van der Waals surface area (Å²) in [6.45, 7) is 1.36. The van der Waals surface area contributed by atoms with Crippen molar-refractivity contribution in [1.29, 1.82) is 0 Å². The molecule has 2 aromatic heterocycles. The van der Waals surface area contributed by atoms with E-state index in [9.17, 15) is 35.2 Å². The second-order valence-electron chi connectivity index (χ2n) is 8.45. The Balaban J connectivity index is 1.49. The van der Waals surface area contributed by atoms with E-state index < -0.39 is 51.9 Å². The van der Waals surface area contributed by atoms with Crippen LogP contribution in [0.1, 0.15) is 31.3 Å². The van der Waals surface area contributed by atoms with E-state index in [1.165, 1.54) is 13.0 Å². The van der Waals surface area contributed by atoms with Crippen LogP contribution < -0.4 is 0 Å². The topological polar surface area (TPSA) is 106 Å². The van der Waals surface area contributed by atoms with Crippen LogP contribution in [0.2, 0.25) is 0 Å². The number of alkyl halides is 4. The van der Waals surface area contributed by atoms with Crippen LogP contribution in [0.5, 0.6) is 0 Å². The summed E-state index contributed by atoms with van der Waals surface area (Å²) in [7, 11) is -4.29. The third-order valence-corrected chi connectivity index (χ3v) is 8.00. The fraction of sp³-hybridized carbons (Fsp3) is 0.348. The maximum absolute atomic E-state index is 14.6. The van der Waals surface area contributed by atoms with Gasteiger partial charge in [-0.15, -0.1) is 0 Å². The average Bonchev–Trinajstić information content (AvgIpc) is 3.17. The van der Waals surface area contributed by atoms with Gasteiger partial charge in [-0.25, -0.2) is 37.1 Å². The van der Waals surface area contributed by atoms with Crippen molar-refractivity contribution in [3.05, 3.63) is 66.4 Å². The first-order chi connectivity index (χ1) is 17.4. The molecule has 1 aromatic carbocycles. The first-order valence-corrected chi connectivity index (χ1v) is 12.5. The molecule has 0 amide bonds. The van der Waals surface area contributed by atoms with Crippen LogP contribution in [-0.2, 0) is 27.4 Å². The van der Waals surface area contributed by atoms with Gasteiger partial charge in [-0.3, -0.25) is 4.79 Å². The van der Waals surface area contributed by atoms with Gasteiger partial charge in [0.2, 0.25) is 15.8 Å². The summed E-state index contributed by atoms with van der Waals surface area (Å²) in [4.78, 5) is 27.4. The molecule has 1 saturated heterocycles. The standard InChI is InChI=1S/C23H20F5N5O3S/c1-13-18(25)9-20(33(13)37(35,36)17-5-2-15(24)3-6-17)21(34)7-4-16-8-19(32-12-31-16)14-10-29-22(30-11-14)23(26,27)28/h2-3,5-6,8,10-13,18,20H,4,7,9H2,1H3/t13-,18+,20-/m0/s1. The molecular weight excluding hydrogens is 521 g/mol. The summed E-state index contributed by atoms with van der Waals surface area (Å²) in [5.74, 6) is -2.47. The highest BCUT2D eigenvalue weighted by molar-refractivity contribution is 7.89. The Bertz CT molecular complexity index is 1390. The Kier molecular flexibility index (Phi) is 7.33. The molecule has 0 saturated carbocycles. The maximum Gasteiger partial charge on any atom is 0.451 e. The molecule has 8 nitrogen and oxygen atoms in total. The number of benzene rings is 1. The Hall–Kier alpha value is -3.39. The minimum Gasteiger partial charge on any atom is -0.298 e. The Morgan fingerprint density at radius 2 is 1.73 bits per heavy atom. The van der Waals surface area contributed by atoms with Gasteiger partial charge in [-0.2, -0.15) is 17.5 Å². The largest absolute Gasteiger partial charge is 0.451 e. The molecule has 1 aliphatic rings. The van der Waals surface area contributed by atoms with Gasteiger partial charge in [-0.05, 0) is 43.7 Å². The zero-order valence-corrected chi connectivity index (χ0v) is 20.0. The van der Waals surface area contributed by atoms with Crippen LogP contribution in [0.3, 0.4) is 0 Å². The molecule has 14 heteroatoms. The average molecular weight is 542 g/mol. The molecule has 3 heterocycles. The van der Waals surface area contributed by atoms with Crippen LogP contribution in [0, 0.1) is 5.82 Å². The number of halogens is 5. The minimum absolute atomic E-state index is 0.0438. The second-order valence-corrected chi connectivity index (χ2v) is 10.3. The maximum atomic E-state index is 14.6. The molecular formula is C23H20F5N5O3S. The van der Waals surface area contributed by atoms with Crippen LogP contribution >= 0.6 is 0 Å². The SMILES string of the molecule is C[C@H]1[C@H](F)C[C@@H](C(=O)CCc2cc(-c3cnc(C(F)(F)F)nc3)ncn2)N1S(=O)(=O)c1ccc(F)cc1. The number of Topliss-reactive ketones (excluding diaryl/α,β-unsaturated/α-hetero) is 1. The number of hydrogen-bond acceptors (Lipinski definition) is 7. The van der Waals surface area contributed by atoms with Crippen molar-refractivity contribution in [2.75, 3.05) is 0 Å². The number of ketones is 1. The lowest BCUT2D eigenvalue weighted by atomic mass is 10.0. The number of sulfonamides is 1. The summed E-state index contributed by atoms with van der Waals surface area (Å²) in [5, 5.41) is 0. The van der Waals surface area contributed by atoms with Crippen molar-refractivity contribution in [1.82, 2.24) is 24.2 Å². The van der Waals surface area contributed by atoms with E-state index in [0.29, 0.717) is 5.69 Å². The lowest BCUT2D eigenvalue weighted by Crippen LogP contribution is -2.44. The third kappa shape index (κ3) is 5.64. The highest BCUT2D eigenvalue weighted by atomic mass is 32.2. The number of carbonyl (C=O) groups excluding carboxylic acids is 1. The molecule has 1 fully saturated rings. The monoisotopic (exact) mass is 541 g/mol. The third-order valence-electron chi connectivity index (χ3n) is 5.99. The Morgan fingerprint density at radius 3 is 2.35 bits per heavy atom. The van der Waals surface area contributed by atoms with E-state index in [-0.39, 0.29) is 35.4 Å². The van der Waals surface area contributed by atoms with Crippen LogP contribution in [-0.4, -0.2) is 56.7 Å². The zero-order valence-electron chi connectivity index (χ0n) is 19.2. The van der Waals surface area contributed by atoms with Gasteiger partial charge in [0.1, 0.15) is 18.3 Å². The van der Waals surface area contributed by atoms with Gasteiger partial charge in [0.15, 0.2) is 5.78 Å². The van der Waals surface area contributed by atoms with Gasteiger partial charge in [0, 0.05) is 36.5 Å². The molecule has 0 spiro atoms. The van der Waals surface area contributed by atoms with Gasteiger partial charge < -0.3 is 0 Å². The van der Waals surface area contributed by atoms with E-state index in [2.05, 4.69) is 19.9 Å². The quantitative estimate of drug-likeness (QED) is 0.419. The van der Waals surface area contributed by atoms with Gasteiger partial charge >= 0.3 is 6.18 Å². The van der Waals surface area contributed by atoms with Crippen molar-refractivity contribution < 1.29 is 35.2 Å². The summed E-state index contributed by atoms with van der Waals surface area (Å²) in [5.41, 5.74) is 0.781. The highest BCUT2D eigenvalue weighted by Crippen LogP contribution is 2.34.